The minimum absolute atomic E-state index is 0.0311. The van der Waals surface area contributed by atoms with E-state index >= 15 is 0 Å². The molecule has 0 aliphatic heterocycles. The number of hydrogen-bond donors (Lipinski definition) is 2. The number of rotatable bonds is 7. The predicted octanol–water partition coefficient (Wildman–Crippen LogP) is 2.25. The van der Waals surface area contributed by atoms with Crippen LogP contribution in [0.3, 0.4) is 0 Å². The SMILES string of the molecule is CC(N)c1ccc(CNS(=O)(=O)c2ccc(CN(C)C)cc2)cc1. The fourth-order valence-corrected chi connectivity index (χ4v) is 3.36. The Morgan fingerprint density at radius 1 is 1.00 bits per heavy atom. The van der Waals surface area contributed by atoms with Crippen molar-refractivity contribution in [3.8, 4) is 0 Å². The molecule has 0 amide bonds. The maximum Gasteiger partial charge on any atom is 0.240 e. The molecule has 0 saturated heterocycles. The zero-order valence-corrected chi connectivity index (χ0v) is 15.2. The number of sulfonamides is 1. The second-order valence-corrected chi connectivity index (χ2v) is 8.00. The molecule has 6 heteroatoms. The monoisotopic (exact) mass is 347 g/mol. The Bertz CT molecular complexity index is 752. The summed E-state index contributed by atoms with van der Waals surface area (Å²) in [4.78, 5) is 2.31. The first kappa shape index (κ1) is 18.6. The Labute approximate surface area is 144 Å². The molecule has 0 aromatic heterocycles. The lowest BCUT2D eigenvalue weighted by Gasteiger charge is -2.11. The quantitative estimate of drug-likeness (QED) is 0.805. The standard InChI is InChI=1S/C18H25N3O2S/c1-14(19)17-8-4-15(5-9-17)12-20-24(22,23)18-10-6-16(7-11-18)13-21(2)3/h4-11,14,20H,12-13,19H2,1-3H3. The Kier molecular flexibility index (Phi) is 6.12. The zero-order valence-electron chi connectivity index (χ0n) is 14.4. The third-order valence-corrected chi connectivity index (χ3v) is 5.12. The van der Waals surface area contributed by atoms with E-state index in [2.05, 4.69) is 4.72 Å². The van der Waals surface area contributed by atoms with Crippen LogP contribution in [0, 0.1) is 0 Å². The van der Waals surface area contributed by atoms with Gasteiger partial charge in [0.2, 0.25) is 10.0 Å². The molecule has 3 N–H and O–H groups in total. The van der Waals surface area contributed by atoms with Crippen LogP contribution in [0.5, 0.6) is 0 Å². The summed E-state index contributed by atoms with van der Waals surface area (Å²) in [6.07, 6.45) is 0. The largest absolute Gasteiger partial charge is 0.324 e. The van der Waals surface area contributed by atoms with Gasteiger partial charge < -0.3 is 10.6 Å². The van der Waals surface area contributed by atoms with Crippen molar-refractivity contribution in [1.29, 1.82) is 0 Å². The molecule has 2 aromatic carbocycles. The Balaban J connectivity index is 2.02. The van der Waals surface area contributed by atoms with Gasteiger partial charge in [-0.15, -0.1) is 0 Å². The van der Waals surface area contributed by atoms with Gasteiger partial charge in [-0.05, 0) is 49.8 Å². The minimum Gasteiger partial charge on any atom is -0.324 e. The summed E-state index contributed by atoms with van der Waals surface area (Å²) in [5, 5.41) is 0. The first-order chi connectivity index (χ1) is 11.3. The van der Waals surface area contributed by atoms with E-state index in [0.29, 0.717) is 0 Å². The van der Waals surface area contributed by atoms with Gasteiger partial charge in [0.25, 0.3) is 0 Å². The molecule has 0 aliphatic rings. The predicted molar refractivity (Wildman–Crippen MR) is 96.9 cm³/mol. The molecule has 2 rings (SSSR count). The molecule has 0 bridgehead atoms. The zero-order chi connectivity index (χ0) is 17.7. The van der Waals surface area contributed by atoms with E-state index in [1.54, 1.807) is 12.1 Å². The van der Waals surface area contributed by atoms with Crippen LogP contribution in [-0.2, 0) is 23.1 Å². The van der Waals surface area contributed by atoms with Gasteiger partial charge in [-0.25, -0.2) is 13.1 Å². The summed E-state index contributed by atoms with van der Waals surface area (Å²) in [6, 6.07) is 14.5. The molecule has 130 valence electrons. The summed E-state index contributed by atoms with van der Waals surface area (Å²) in [7, 11) is 0.432. The average molecular weight is 347 g/mol. The van der Waals surface area contributed by atoms with Crippen molar-refractivity contribution in [3.63, 3.8) is 0 Å². The summed E-state index contributed by atoms with van der Waals surface area (Å²) in [5.74, 6) is 0. The van der Waals surface area contributed by atoms with Crippen LogP contribution in [0.15, 0.2) is 53.4 Å². The number of nitrogens with one attached hydrogen (secondary N) is 1. The van der Waals surface area contributed by atoms with Gasteiger partial charge in [-0.1, -0.05) is 36.4 Å². The second-order valence-electron chi connectivity index (χ2n) is 6.24. The smallest absolute Gasteiger partial charge is 0.240 e. The Hall–Kier alpha value is -1.73. The molecule has 0 aliphatic carbocycles. The maximum atomic E-state index is 12.4. The molecule has 0 saturated carbocycles. The number of benzene rings is 2. The molecule has 0 spiro atoms. The van der Waals surface area contributed by atoms with Gasteiger partial charge in [0, 0.05) is 19.1 Å². The normalized spacial score (nSPS) is 13.2. The first-order valence-electron chi connectivity index (χ1n) is 7.85. The minimum atomic E-state index is -3.52. The average Bonchev–Trinajstić information content (AvgIpc) is 2.53. The highest BCUT2D eigenvalue weighted by molar-refractivity contribution is 7.89. The van der Waals surface area contributed by atoms with Crippen molar-refractivity contribution in [2.75, 3.05) is 14.1 Å². The van der Waals surface area contributed by atoms with Crippen molar-refractivity contribution in [1.82, 2.24) is 9.62 Å². The van der Waals surface area contributed by atoms with Crippen LogP contribution < -0.4 is 10.5 Å². The number of hydrogen-bond acceptors (Lipinski definition) is 4. The van der Waals surface area contributed by atoms with Crippen molar-refractivity contribution in [2.45, 2.75) is 31.0 Å². The molecule has 5 nitrogen and oxygen atoms in total. The number of nitrogens with two attached hydrogens (primary N) is 1. The Morgan fingerprint density at radius 3 is 2.04 bits per heavy atom. The molecule has 24 heavy (non-hydrogen) atoms. The second kappa shape index (κ2) is 7.90. The first-order valence-corrected chi connectivity index (χ1v) is 9.34. The van der Waals surface area contributed by atoms with Gasteiger partial charge in [0.15, 0.2) is 0 Å². The highest BCUT2D eigenvalue weighted by Gasteiger charge is 2.13. The van der Waals surface area contributed by atoms with Crippen molar-refractivity contribution in [3.05, 3.63) is 65.2 Å². The fourth-order valence-electron chi connectivity index (χ4n) is 2.34. The highest BCUT2D eigenvalue weighted by Crippen LogP contribution is 2.14. The molecule has 0 radical (unpaired) electrons. The molecular weight excluding hydrogens is 322 g/mol. The van der Waals surface area contributed by atoms with Gasteiger partial charge >= 0.3 is 0 Å². The molecule has 0 fully saturated rings. The molecule has 2 aromatic rings. The lowest BCUT2D eigenvalue weighted by molar-refractivity contribution is 0.402. The van der Waals surface area contributed by atoms with Crippen LogP contribution in [0.25, 0.3) is 0 Å². The highest BCUT2D eigenvalue weighted by atomic mass is 32.2. The van der Waals surface area contributed by atoms with E-state index in [1.165, 1.54) is 0 Å². The fraction of sp³-hybridized carbons (Fsp3) is 0.333. The van der Waals surface area contributed by atoms with E-state index in [4.69, 9.17) is 5.73 Å². The third-order valence-electron chi connectivity index (χ3n) is 3.70. The van der Waals surface area contributed by atoms with E-state index in [1.807, 2.05) is 62.3 Å². The molecule has 1 unspecified atom stereocenters. The molecular formula is C18H25N3O2S. The van der Waals surface area contributed by atoms with Crippen LogP contribution in [-0.4, -0.2) is 27.4 Å². The number of nitrogens with zero attached hydrogens (tertiary/aromatic N) is 1. The van der Waals surface area contributed by atoms with Gasteiger partial charge in [-0.3, -0.25) is 0 Å². The summed E-state index contributed by atoms with van der Waals surface area (Å²) >= 11 is 0. The lowest BCUT2D eigenvalue weighted by Crippen LogP contribution is -2.23. The van der Waals surface area contributed by atoms with Crippen LogP contribution in [0.4, 0.5) is 0 Å². The van der Waals surface area contributed by atoms with Gasteiger partial charge in [-0.2, -0.15) is 0 Å². The van der Waals surface area contributed by atoms with E-state index in [9.17, 15) is 8.42 Å². The van der Waals surface area contributed by atoms with Crippen molar-refractivity contribution >= 4 is 10.0 Å². The van der Waals surface area contributed by atoms with Crippen LogP contribution >= 0.6 is 0 Å². The van der Waals surface area contributed by atoms with Gasteiger partial charge in [0.05, 0.1) is 4.90 Å². The summed E-state index contributed by atoms with van der Waals surface area (Å²) < 4.78 is 27.4. The van der Waals surface area contributed by atoms with E-state index in [0.717, 1.165) is 23.2 Å². The van der Waals surface area contributed by atoms with E-state index < -0.39 is 10.0 Å². The van der Waals surface area contributed by atoms with E-state index in [-0.39, 0.29) is 17.5 Å². The summed E-state index contributed by atoms with van der Waals surface area (Å²) in [5.41, 5.74) is 8.81. The Morgan fingerprint density at radius 2 is 1.54 bits per heavy atom. The van der Waals surface area contributed by atoms with Gasteiger partial charge in [0.1, 0.15) is 0 Å². The van der Waals surface area contributed by atoms with Crippen LogP contribution in [0.1, 0.15) is 29.7 Å². The molecule has 1 atom stereocenters. The lowest BCUT2D eigenvalue weighted by atomic mass is 10.1. The molecule has 0 heterocycles. The van der Waals surface area contributed by atoms with Crippen LogP contribution in [0.2, 0.25) is 0 Å². The third kappa shape index (κ3) is 5.14. The van der Waals surface area contributed by atoms with Crippen molar-refractivity contribution in [2.24, 2.45) is 5.73 Å². The summed E-state index contributed by atoms with van der Waals surface area (Å²) in [6.45, 7) is 2.94. The topological polar surface area (TPSA) is 75.4 Å². The van der Waals surface area contributed by atoms with Crippen molar-refractivity contribution < 1.29 is 8.42 Å². The maximum absolute atomic E-state index is 12.4.